The maximum absolute atomic E-state index is 12.5. The first-order valence-corrected chi connectivity index (χ1v) is 9.83. The SMILES string of the molecule is O=C(CCS(=O)(=O)c1ccc2[nH]c(=O)oc2c1)N1CCc2ccccc21. The van der Waals surface area contributed by atoms with Crippen LogP contribution in [0.4, 0.5) is 5.69 Å². The quantitative estimate of drug-likeness (QED) is 0.754. The van der Waals surface area contributed by atoms with E-state index < -0.39 is 15.6 Å². The molecule has 134 valence electrons. The monoisotopic (exact) mass is 372 g/mol. The van der Waals surface area contributed by atoms with Crippen LogP contribution in [0.3, 0.4) is 0 Å². The molecule has 2 aromatic carbocycles. The molecule has 1 amide bonds. The van der Waals surface area contributed by atoms with Crippen molar-refractivity contribution in [2.24, 2.45) is 0 Å². The Bertz CT molecular complexity index is 1160. The molecule has 0 aliphatic carbocycles. The van der Waals surface area contributed by atoms with E-state index in [1.54, 1.807) is 4.90 Å². The van der Waals surface area contributed by atoms with Gasteiger partial charge in [-0.25, -0.2) is 13.2 Å². The first kappa shape index (κ1) is 16.6. The first-order valence-electron chi connectivity index (χ1n) is 8.18. The molecule has 26 heavy (non-hydrogen) atoms. The molecule has 8 heteroatoms. The number of anilines is 1. The highest BCUT2D eigenvalue weighted by Crippen LogP contribution is 2.28. The van der Waals surface area contributed by atoms with Crippen LogP contribution in [0.2, 0.25) is 0 Å². The van der Waals surface area contributed by atoms with Gasteiger partial charge in [0.05, 0.1) is 16.2 Å². The minimum atomic E-state index is -3.67. The molecule has 0 fully saturated rings. The van der Waals surface area contributed by atoms with Crippen molar-refractivity contribution in [1.82, 2.24) is 4.98 Å². The second-order valence-electron chi connectivity index (χ2n) is 6.17. The molecule has 0 bridgehead atoms. The number of hydrogen-bond acceptors (Lipinski definition) is 5. The molecule has 0 spiro atoms. The molecule has 0 unspecified atom stereocenters. The number of aromatic nitrogens is 1. The highest BCUT2D eigenvalue weighted by Gasteiger charge is 2.26. The van der Waals surface area contributed by atoms with Gasteiger partial charge in [0, 0.05) is 24.7 Å². The molecular formula is C18H16N2O5S. The lowest BCUT2D eigenvalue weighted by molar-refractivity contribution is -0.118. The van der Waals surface area contributed by atoms with Gasteiger partial charge in [0.1, 0.15) is 0 Å². The Labute approximate surface area is 149 Å². The van der Waals surface area contributed by atoms with E-state index in [4.69, 9.17) is 4.42 Å². The Morgan fingerprint density at radius 1 is 1.19 bits per heavy atom. The minimum absolute atomic E-state index is 0.0300. The molecule has 3 aromatic rings. The van der Waals surface area contributed by atoms with Crippen molar-refractivity contribution < 1.29 is 17.6 Å². The van der Waals surface area contributed by atoms with Crippen LogP contribution >= 0.6 is 0 Å². The van der Waals surface area contributed by atoms with Crippen molar-refractivity contribution in [2.45, 2.75) is 17.7 Å². The number of rotatable bonds is 4. The van der Waals surface area contributed by atoms with Gasteiger partial charge in [-0.2, -0.15) is 0 Å². The van der Waals surface area contributed by atoms with Crippen LogP contribution in [0.1, 0.15) is 12.0 Å². The summed E-state index contributed by atoms with van der Waals surface area (Å²) in [6.07, 6.45) is 0.670. The molecule has 1 aliphatic rings. The van der Waals surface area contributed by atoms with Gasteiger partial charge in [0.25, 0.3) is 0 Å². The van der Waals surface area contributed by atoms with Crippen LogP contribution in [-0.2, 0) is 21.1 Å². The molecule has 1 N–H and O–H groups in total. The predicted molar refractivity (Wildman–Crippen MR) is 96.0 cm³/mol. The summed E-state index contributed by atoms with van der Waals surface area (Å²) < 4.78 is 30.0. The summed E-state index contributed by atoms with van der Waals surface area (Å²) in [5, 5.41) is 0. The Balaban J connectivity index is 1.51. The van der Waals surface area contributed by atoms with Crippen molar-refractivity contribution in [3.8, 4) is 0 Å². The average Bonchev–Trinajstić information content (AvgIpc) is 3.21. The molecule has 1 aliphatic heterocycles. The number of para-hydroxylation sites is 1. The zero-order valence-corrected chi connectivity index (χ0v) is 14.6. The summed E-state index contributed by atoms with van der Waals surface area (Å²) in [5.74, 6) is -1.16. The van der Waals surface area contributed by atoms with Gasteiger partial charge in [-0.05, 0) is 30.2 Å². The lowest BCUT2D eigenvalue weighted by Crippen LogP contribution is -2.30. The number of carbonyl (C=O) groups excluding carboxylic acids is 1. The predicted octanol–water partition coefficient (Wildman–Crippen LogP) is 1.87. The minimum Gasteiger partial charge on any atom is -0.408 e. The maximum atomic E-state index is 12.5. The Kier molecular flexibility index (Phi) is 3.91. The molecule has 0 saturated carbocycles. The van der Waals surface area contributed by atoms with E-state index in [1.807, 2.05) is 24.3 Å². The summed E-state index contributed by atoms with van der Waals surface area (Å²) in [7, 11) is -3.67. The summed E-state index contributed by atoms with van der Waals surface area (Å²) in [4.78, 5) is 27.8. The van der Waals surface area contributed by atoms with E-state index in [1.165, 1.54) is 18.2 Å². The molecule has 2 heterocycles. The number of H-pyrrole nitrogens is 1. The average molecular weight is 372 g/mol. The summed E-state index contributed by atoms with van der Waals surface area (Å²) in [6.45, 7) is 0.568. The molecule has 0 atom stereocenters. The fourth-order valence-electron chi connectivity index (χ4n) is 3.19. The number of nitrogens with one attached hydrogen (secondary N) is 1. The Hall–Kier alpha value is -2.87. The normalized spacial score (nSPS) is 13.9. The van der Waals surface area contributed by atoms with E-state index in [9.17, 15) is 18.0 Å². The van der Waals surface area contributed by atoms with Crippen molar-refractivity contribution >= 4 is 32.5 Å². The number of nitrogens with zero attached hydrogens (tertiary/aromatic N) is 1. The third-order valence-electron chi connectivity index (χ3n) is 4.52. The number of hydrogen-bond donors (Lipinski definition) is 1. The lowest BCUT2D eigenvalue weighted by atomic mass is 10.2. The molecule has 0 radical (unpaired) electrons. The summed E-state index contributed by atoms with van der Waals surface area (Å²) in [5.41, 5.74) is 2.55. The summed E-state index contributed by atoms with van der Waals surface area (Å²) >= 11 is 0. The van der Waals surface area contributed by atoms with Crippen molar-refractivity contribution in [2.75, 3.05) is 17.2 Å². The Morgan fingerprint density at radius 3 is 2.85 bits per heavy atom. The van der Waals surface area contributed by atoms with Gasteiger partial charge in [-0.1, -0.05) is 18.2 Å². The highest BCUT2D eigenvalue weighted by molar-refractivity contribution is 7.91. The molecular weight excluding hydrogens is 356 g/mol. The number of sulfone groups is 1. The van der Waals surface area contributed by atoms with E-state index in [0.29, 0.717) is 12.1 Å². The summed E-state index contributed by atoms with van der Waals surface area (Å²) in [6, 6.07) is 11.8. The van der Waals surface area contributed by atoms with Gasteiger partial charge in [-0.15, -0.1) is 0 Å². The number of aromatic amines is 1. The van der Waals surface area contributed by atoms with Gasteiger partial charge in [-0.3, -0.25) is 9.78 Å². The van der Waals surface area contributed by atoms with Crippen LogP contribution in [0, 0.1) is 0 Å². The highest BCUT2D eigenvalue weighted by atomic mass is 32.2. The topological polar surface area (TPSA) is 100 Å². The third-order valence-corrected chi connectivity index (χ3v) is 6.24. The lowest BCUT2D eigenvalue weighted by Gasteiger charge is -2.17. The van der Waals surface area contributed by atoms with Gasteiger partial charge < -0.3 is 9.32 Å². The standard InChI is InChI=1S/C18H16N2O5S/c21-17(20-9-7-12-3-1-2-4-15(12)20)8-10-26(23,24)13-5-6-14-16(11-13)25-18(22)19-14/h1-6,11H,7-10H2,(H,19,22). The number of benzene rings is 2. The zero-order valence-electron chi connectivity index (χ0n) is 13.8. The van der Waals surface area contributed by atoms with E-state index in [0.717, 1.165) is 17.7 Å². The van der Waals surface area contributed by atoms with Crippen LogP contribution in [-0.4, -0.2) is 31.6 Å². The fraction of sp³-hybridized carbons (Fsp3) is 0.222. The van der Waals surface area contributed by atoms with Gasteiger partial charge in [0.2, 0.25) is 5.91 Å². The fourth-order valence-corrected chi connectivity index (χ4v) is 4.43. The van der Waals surface area contributed by atoms with Crippen molar-refractivity contribution in [3.05, 3.63) is 58.6 Å². The maximum Gasteiger partial charge on any atom is 0.417 e. The Morgan fingerprint density at radius 2 is 2.00 bits per heavy atom. The molecule has 4 rings (SSSR count). The number of amides is 1. The van der Waals surface area contributed by atoms with E-state index in [-0.39, 0.29) is 28.6 Å². The van der Waals surface area contributed by atoms with Crippen molar-refractivity contribution in [3.63, 3.8) is 0 Å². The largest absolute Gasteiger partial charge is 0.417 e. The van der Waals surface area contributed by atoms with E-state index in [2.05, 4.69) is 4.98 Å². The van der Waals surface area contributed by atoms with Crippen LogP contribution in [0.15, 0.2) is 56.6 Å². The van der Waals surface area contributed by atoms with Crippen LogP contribution in [0.25, 0.3) is 11.1 Å². The smallest absolute Gasteiger partial charge is 0.408 e. The number of fused-ring (bicyclic) bond motifs is 2. The molecule has 1 aromatic heterocycles. The van der Waals surface area contributed by atoms with Gasteiger partial charge in [0.15, 0.2) is 15.4 Å². The van der Waals surface area contributed by atoms with Crippen molar-refractivity contribution in [1.29, 1.82) is 0 Å². The number of carbonyl (C=O) groups is 1. The van der Waals surface area contributed by atoms with E-state index >= 15 is 0 Å². The first-order chi connectivity index (χ1) is 12.4. The second-order valence-corrected chi connectivity index (χ2v) is 8.27. The molecule has 0 saturated heterocycles. The molecule has 7 nitrogen and oxygen atoms in total. The van der Waals surface area contributed by atoms with Crippen LogP contribution < -0.4 is 10.7 Å². The third kappa shape index (κ3) is 2.92. The zero-order chi connectivity index (χ0) is 18.3. The van der Waals surface area contributed by atoms with Gasteiger partial charge >= 0.3 is 5.76 Å². The number of oxazole rings is 1. The second kappa shape index (κ2) is 6.14. The van der Waals surface area contributed by atoms with Crippen LogP contribution in [0.5, 0.6) is 0 Å².